The standard InChI is InChI=1S/C8H8BrN3O2/c9-3-1-2-6-4-11-5-7(8(6)10)12(13)14/h1-2,4-5H,3H2,(H2,10,11). The molecule has 0 fully saturated rings. The molecule has 0 atom stereocenters. The van der Waals surface area contributed by atoms with Gasteiger partial charge in [-0.05, 0) is 0 Å². The second kappa shape index (κ2) is 4.71. The number of alkyl halides is 1. The third kappa shape index (κ3) is 2.29. The van der Waals surface area contributed by atoms with Crippen LogP contribution in [0.25, 0.3) is 6.08 Å². The molecule has 2 N–H and O–H groups in total. The Morgan fingerprint density at radius 3 is 2.93 bits per heavy atom. The second-order valence-corrected chi connectivity index (χ2v) is 3.12. The number of rotatable bonds is 3. The number of hydrogen-bond acceptors (Lipinski definition) is 4. The molecule has 0 aliphatic rings. The van der Waals surface area contributed by atoms with Gasteiger partial charge in [0.2, 0.25) is 0 Å². The quantitative estimate of drug-likeness (QED) is 0.510. The zero-order chi connectivity index (χ0) is 10.6. The van der Waals surface area contributed by atoms with Gasteiger partial charge in [-0.2, -0.15) is 0 Å². The van der Waals surface area contributed by atoms with Crippen LogP contribution < -0.4 is 5.73 Å². The monoisotopic (exact) mass is 257 g/mol. The van der Waals surface area contributed by atoms with Crippen LogP contribution in [0.15, 0.2) is 18.5 Å². The van der Waals surface area contributed by atoms with E-state index in [2.05, 4.69) is 20.9 Å². The summed E-state index contributed by atoms with van der Waals surface area (Å²) in [5.41, 5.74) is 6.11. The lowest BCUT2D eigenvalue weighted by Crippen LogP contribution is -1.98. The van der Waals surface area contributed by atoms with Gasteiger partial charge >= 0.3 is 5.69 Å². The summed E-state index contributed by atoms with van der Waals surface area (Å²) >= 11 is 3.20. The molecule has 14 heavy (non-hydrogen) atoms. The van der Waals surface area contributed by atoms with Crippen LogP contribution in [0, 0.1) is 10.1 Å². The van der Waals surface area contributed by atoms with Crippen LogP contribution in [0.5, 0.6) is 0 Å². The molecule has 0 aliphatic carbocycles. The number of nitrogens with zero attached hydrogens (tertiary/aromatic N) is 2. The number of allylic oxidation sites excluding steroid dienone is 1. The highest BCUT2D eigenvalue weighted by molar-refractivity contribution is 9.09. The first kappa shape index (κ1) is 10.6. The number of aromatic nitrogens is 1. The average Bonchev–Trinajstić information content (AvgIpc) is 2.16. The van der Waals surface area contributed by atoms with Crippen molar-refractivity contribution in [3.8, 4) is 0 Å². The second-order valence-electron chi connectivity index (χ2n) is 2.48. The van der Waals surface area contributed by atoms with E-state index >= 15 is 0 Å². The fraction of sp³-hybridized carbons (Fsp3) is 0.125. The Morgan fingerprint density at radius 1 is 1.64 bits per heavy atom. The van der Waals surface area contributed by atoms with E-state index in [1.165, 1.54) is 6.20 Å². The first-order valence-electron chi connectivity index (χ1n) is 3.77. The molecule has 0 saturated carbocycles. The third-order valence-corrected chi connectivity index (χ3v) is 1.95. The molecule has 1 aromatic rings. The Bertz CT molecular complexity index is 379. The fourth-order valence-electron chi connectivity index (χ4n) is 0.925. The van der Waals surface area contributed by atoms with Crippen molar-refractivity contribution in [1.29, 1.82) is 0 Å². The van der Waals surface area contributed by atoms with Gasteiger partial charge in [0, 0.05) is 17.1 Å². The lowest BCUT2D eigenvalue weighted by Gasteiger charge is -1.99. The number of pyridine rings is 1. The zero-order valence-corrected chi connectivity index (χ0v) is 8.77. The molecule has 0 bridgehead atoms. The summed E-state index contributed by atoms with van der Waals surface area (Å²) in [6.07, 6.45) is 6.10. The Balaban J connectivity index is 3.14. The van der Waals surface area contributed by atoms with Crippen molar-refractivity contribution in [2.45, 2.75) is 0 Å². The molecular formula is C8H8BrN3O2. The summed E-state index contributed by atoms with van der Waals surface area (Å²) in [7, 11) is 0. The Labute approximate surface area is 88.9 Å². The van der Waals surface area contributed by atoms with E-state index in [-0.39, 0.29) is 11.4 Å². The summed E-state index contributed by atoms with van der Waals surface area (Å²) in [5.74, 6) is 0. The van der Waals surface area contributed by atoms with Crippen LogP contribution in [-0.2, 0) is 0 Å². The van der Waals surface area contributed by atoms with E-state index < -0.39 is 4.92 Å². The van der Waals surface area contributed by atoms with Crippen molar-refractivity contribution in [1.82, 2.24) is 4.98 Å². The minimum atomic E-state index is -0.548. The lowest BCUT2D eigenvalue weighted by molar-refractivity contribution is -0.384. The van der Waals surface area contributed by atoms with Crippen molar-refractivity contribution in [3.63, 3.8) is 0 Å². The highest BCUT2D eigenvalue weighted by atomic mass is 79.9. The van der Waals surface area contributed by atoms with Crippen LogP contribution in [-0.4, -0.2) is 15.2 Å². The molecule has 0 radical (unpaired) electrons. The average molecular weight is 258 g/mol. The highest BCUT2D eigenvalue weighted by Crippen LogP contribution is 2.24. The Kier molecular flexibility index (Phi) is 3.58. The molecule has 5 nitrogen and oxygen atoms in total. The summed E-state index contributed by atoms with van der Waals surface area (Å²) in [6, 6.07) is 0. The van der Waals surface area contributed by atoms with Gasteiger partial charge < -0.3 is 5.73 Å². The predicted octanol–water partition coefficient (Wildman–Crippen LogP) is 1.98. The van der Waals surface area contributed by atoms with Crippen LogP contribution in [0.1, 0.15) is 5.56 Å². The number of halogens is 1. The fourth-order valence-corrected chi connectivity index (χ4v) is 1.11. The number of nitrogens with two attached hydrogens (primary N) is 1. The minimum Gasteiger partial charge on any atom is -0.393 e. The number of nitrogen functional groups attached to an aromatic ring is 1. The highest BCUT2D eigenvalue weighted by Gasteiger charge is 2.13. The largest absolute Gasteiger partial charge is 0.393 e. The van der Waals surface area contributed by atoms with Crippen molar-refractivity contribution in [2.75, 3.05) is 11.1 Å². The molecule has 0 unspecified atom stereocenters. The van der Waals surface area contributed by atoms with E-state index in [4.69, 9.17) is 5.73 Å². The van der Waals surface area contributed by atoms with Crippen LogP contribution in [0.3, 0.4) is 0 Å². The molecule has 0 amide bonds. The maximum absolute atomic E-state index is 10.5. The summed E-state index contributed by atoms with van der Waals surface area (Å²) in [6.45, 7) is 0. The van der Waals surface area contributed by atoms with Crippen molar-refractivity contribution in [2.24, 2.45) is 0 Å². The normalized spacial score (nSPS) is 10.6. The Hall–Kier alpha value is -1.43. The molecule has 0 aliphatic heterocycles. The van der Waals surface area contributed by atoms with E-state index in [1.807, 2.05) is 0 Å². The topological polar surface area (TPSA) is 82.0 Å². The maximum Gasteiger partial charge on any atom is 0.310 e. The van der Waals surface area contributed by atoms with E-state index in [1.54, 1.807) is 12.2 Å². The summed E-state index contributed by atoms with van der Waals surface area (Å²) < 4.78 is 0. The van der Waals surface area contributed by atoms with Gasteiger partial charge in [0.25, 0.3) is 0 Å². The summed E-state index contributed by atoms with van der Waals surface area (Å²) in [5, 5.41) is 11.2. The molecule has 6 heteroatoms. The number of nitro groups is 1. The minimum absolute atomic E-state index is 0.141. The van der Waals surface area contributed by atoms with Gasteiger partial charge in [-0.15, -0.1) is 0 Å². The van der Waals surface area contributed by atoms with Gasteiger partial charge in [-0.1, -0.05) is 28.1 Å². The number of hydrogen-bond donors (Lipinski definition) is 1. The molecule has 1 heterocycles. The molecule has 0 saturated heterocycles. The van der Waals surface area contributed by atoms with Crippen molar-refractivity contribution in [3.05, 3.63) is 34.1 Å². The van der Waals surface area contributed by atoms with Crippen LogP contribution in [0.4, 0.5) is 11.4 Å². The van der Waals surface area contributed by atoms with Gasteiger partial charge in [-0.25, -0.2) is 0 Å². The van der Waals surface area contributed by atoms with Crippen molar-refractivity contribution >= 4 is 33.4 Å². The SMILES string of the molecule is Nc1c(C=CCBr)cncc1[N+](=O)[O-]. The van der Waals surface area contributed by atoms with Crippen LogP contribution >= 0.6 is 15.9 Å². The predicted molar refractivity (Wildman–Crippen MR) is 58.1 cm³/mol. The smallest absolute Gasteiger partial charge is 0.310 e. The molecule has 0 spiro atoms. The van der Waals surface area contributed by atoms with E-state index in [9.17, 15) is 10.1 Å². The molecule has 1 aromatic heterocycles. The summed E-state index contributed by atoms with van der Waals surface area (Å²) in [4.78, 5) is 13.7. The molecular weight excluding hydrogens is 250 g/mol. The van der Waals surface area contributed by atoms with E-state index in [0.29, 0.717) is 10.9 Å². The number of anilines is 1. The van der Waals surface area contributed by atoms with Crippen molar-refractivity contribution < 1.29 is 4.92 Å². The maximum atomic E-state index is 10.5. The zero-order valence-electron chi connectivity index (χ0n) is 7.18. The van der Waals surface area contributed by atoms with Gasteiger partial charge in [0.05, 0.1) is 4.92 Å². The van der Waals surface area contributed by atoms with Gasteiger partial charge in [0.15, 0.2) is 0 Å². The molecule has 1 rings (SSSR count). The van der Waals surface area contributed by atoms with Gasteiger partial charge in [-0.3, -0.25) is 15.1 Å². The van der Waals surface area contributed by atoms with Crippen LogP contribution in [0.2, 0.25) is 0 Å². The lowest BCUT2D eigenvalue weighted by atomic mass is 10.2. The molecule has 74 valence electrons. The first-order valence-corrected chi connectivity index (χ1v) is 4.89. The van der Waals surface area contributed by atoms with E-state index in [0.717, 1.165) is 6.20 Å². The Morgan fingerprint density at radius 2 is 2.36 bits per heavy atom. The third-order valence-electron chi connectivity index (χ3n) is 1.58. The van der Waals surface area contributed by atoms with Gasteiger partial charge in [0.1, 0.15) is 11.9 Å². The molecule has 0 aromatic carbocycles. The first-order chi connectivity index (χ1) is 6.66.